The SMILES string of the molecule is CCN(CC)CCCC(C)NCc1cn(C)nn1. The molecule has 0 aromatic carbocycles. The van der Waals surface area contributed by atoms with Crippen molar-refractivity contribution in [1.29, 1.82) is 0 Å². The van der Waals surface area contributed by atoms with Crippen LogP contribution in [0.4, 0.5) is 0 Å². The second-order valence-corrected chi connectivity index (χ2v) is 4.83. The van der Waals surface area contributed by atoms with Gasteiger partial charge in [-0.2, -0.15) is 0 Å². The van der Waals surface area contributed by atoms with Gasteiger partial charge in [-0.25, -0.2) is 0 Å². The van der Waals surface area contributed by atoms with Crippen molar-refractivity contribution in [2.24, 2.45) is 7.05 Å². The smallest absolute Gasteiger partial charge is 0.0964 e. The Morgan fingerprint density at radius 1 is 1.39 bits per heavy atom. The summed E-state index contributed by atoms with van der Waals surface area (Å²) in [4.78, 5) is 2.47. The predicted octanol–water partition coefficient (Wildman–Crippen LogP) is 1.42. The molecular formula is C13H27N5. The van der Waals surface area contributed by atoms with E-state index in [0.717, 1.165) is 25.3 Å². The number of nitrogens with one attached hydrogen (secondary N) is 1. The molecule has 1 atom stereocenters. The lowest BCUT2D eigenvalue weighted by Crippen LogP contribution is -2.28. The van der Waals surface area contributed by atoms with Gasteiger partial charge in [0.25, 0.3) is 0 Å². The Hall–Kier alpha value is -0.940. The fraction of sp³-hybridized carbons (Fsp3) is 0.846. The van der Waals surface area contributed by atoms with Crippen molar-refractivity contribution in [3.05, 3.63) is 11.9 Å². The molecule has 1 aromatic heterocycles. The Bertz CT molecular complexity index is 319. The summed E-state index contributed by atoms with van der Waals surface area (Å²) >= 11 is 0. The molecule has 0 saturated carbocycles. The molecule has 0 amide bonds. The van der Waals surface area contributed by atoms with Crippen LogP contribution in [0, 0.1) is 0 Å². The minimum absolute atomic E-state index is 0.530. The maximum Gasteiger partial charge on any atom is 0.0964 e. The molecule has 0 aliphatic carbocycles. The Morgan fingerprint density at radius 2 is 2.11 bits per heavy atom. The van der Waals surface area contributed by atoms with Gasteiger partial charge in [0.2, 0.25) is 0 Å². The summed E-state index contributed by atoms with van der Waals surface area (Å²) in [6.45, 7) is 11.0. The van der Waals surface area contributed by atoms with Gasteiger partial charge >= 0.3 is 0 Å². The van der Waals surface area contributed by atoms with Crippen molar-refractivity contribution in [1.82, 2.24) is 25.2 Å². The molecule has 1 unspecified atom stereocenters. The number of nitrogens with zero attached hydrogens (tertiary/aromatic N) is 4. The van der Waals surface area contributed by atoms with Crippen molar-refractivity contribution < 1.29 is 0 Å². The molecule has 1 N–H and O–H groups in total. The van der Waals surface area contributed by atoms with E-state index in [4.69, 9.17) is 0 Å². The predicted molar refractivity (Wildman–Crippen MR) is 74.3 cm³/mol. The van der Waals surface area contributed by atoms with Crippen LogP contribution in [0.25, 0.3) is 0 Å². The number of aromatic nitrogens is 3. The lowest BCUT2D eigenvalue weighted by atomic mass is 10.1. The van der Waals surface area contributed by atoms with E-state index >= 15 is 0 Å². The fourth-order valence-electron chi connectivity index (χ4n) is 2.02. The summed E-state index contributed by atoms with van der Waals surface area (Å²) in [6, 6.07) is 0.530. The van der Waals surface area contributed by atoms with E-state index in [1.807, 2.05) is 13.2 Å². The van der Waals surface area contributed by atoms with Gasteiger partial charge in [0.15, 0.2) is 0 Å². The van der Waals surface area contributed by atoms with E-state index in [1.54, 1.807) is 4.68 Å². The van der Waals surface area contributed by atoms with Gasteiger partial charge in [0.1, 0.15) is 0 Å². The molecule has 0 aliphatic rings. The van der Waals surface area contributed by atoms with Gasteiger partial charge in [-0.15, -0.1) is 5.10 Å². The normalized spacial score (nSPS) is 13.2. The second kappa shape index (κ2) is 8.21. The highest BCUT2D eigenvalue weighted by Crippen LogP contribution is 2.01. The summed E-state index contributed by atoms with van der Waals surface area (Å²) in [5, 5.41) is 11.5. The first-order valence-corrected chi connectivity index (χ1v) is 6.96. The molecule has 1 aromatic rings. The van der Waals surface area contributed by atoms with Crippen LogP contribution in [-0.2, 0) is 13.6 Å². The third-order valence-electron chi connectivity index (χ3n) is 3.29. The van der Waals surface area contributed by atoms with Gasteiger partial charge in [0, 0.05) is 25.8 Å². The Morgan fingerprint density at radius 3 is 2.67 bits per heavy atom. The van der Waals surface area contributed by atoms with Crippen LogP contribution in [0.2, 0.25) is 0 Å². The monoisotopic (exact) mass is 253 g/mol. The molecule has 5 heteroatoms. The molecule has 104 valence electrons. The summed E-state index contributed by atoms with van der Waals surface area (Å²) < 4.78 is 1.74. The van der Waals surface area contributed by atoms with E-state index in [0.29, 0.717) is 6.04 Å². The minimum Gasteiger partial charge on any atom is -0.309 e. The number of hydrogen-bond donors (Lipinski definition) is 1. The van der Waals surface area contributed by atoms with Gasteiger partial charge in [0.05, 0.1) is 5.69 Å². The zero-order chi connectivity index (χ0) is 13.4. The zero-order valence-electron chi connectivity index (χ0n) is 12.2. The van der Waals surface area contributed by atoms with Gasteiger partial charge in [-0.05, 0) is 39.4 Å². The van der Waals surface area contributed by atoms with Gasteiger partial charge < -0.3 is 10.2 Å². The average Bonchev–Trinajstić information content (AvgIpc) is 2.78. The van der Waals surface area contributed by atoms with Crippen molar-refractivity contribution in [2.45, 2.75) is 46.2 Å². The third-order valence-corrected chi connectivity index (χ3v) is 3.29. The van der Waals surface area contributed by atoms with Crippen LogP contribution in [0.15, 0.2) is 6.20 Å². The largest absolute Gasteiger partial charge is 0.309 e. The molecule has 0 aliphatic heterocycles. The zero-order valence-corrected chi connectivity index (χ0v) is 12.2. The Balaban J connectivity index is 2.12. The van der Waals surface area contributed by atoms with Crippen molar-refractivity contribution >= 4 is 0 Å². The van der Waals surface area contributed by atoms with E-state index < -0.39 is 0 Å². The maximum atomic E-state index is 4.07. The second-order valence-electron chi connectivity index (χ2n) is 4.83. The molecule has 5 nitrogen and oxygen atoms in total. The number of aryl methyl sites for hydroxylation is 1. The molecule has 0 fully saturated rings. The molecule has 0 bridgehead atoms. The Kier molecular flexibility index (Phi) is 6.90. The quantitative estimate of drug-likeness (QED) is 0.723. The molecule has 0 radical (unpaired) electrons. The molecular weight excluding hydrogens is 226 g/mol. The van der Waals surface area contributed by atoms with Crippen LogP contribution in [0.5, 0.6) is 0 Å². The van der Waals surface area contributed by atoms with Crippen LogP contribution >= 0.6 is 0 Å². The number of hydrogen-bond acceptors (Lipinski definition) is 4. The molecule has 1 rings (SSSR count). The van der Waals surface area contributed by atoms with Gasteiger partial charge in [-0.1, -0.05) is 19.1 Å². The first kappa shape index (κ1) is 15.1. The average molecular weight is 253 g/mol. The molecule has 18 heavy (non-hydrogen) atoms. The highest BCUT2D eigenvalue weighted by atomic mass is 15.4. The highest BCUT2D eigenvalue weighted by Gasteiger charge is 2.05. The third kappa shape index (κ3) is 5.60. The molecule has 0 saturated heterocycles. The summed E-state index contributed by atoms with van der Waals surface area (Å²) in [5.74, 6) is 0. The Labute approximate surface area is 111 Å². The van der Waals surface area contributed by atoms with Crippen molar-refractivity contribution in [2.75, 3.05) is 19.6 Å². The lowest BCUT2D eigenvalue weighted by Gasteiger charge is -2.19. The van der Waals surface area contributed by atoms with Crippen molar-refractivity contribution in [3.8, 4) is 0 Å². The highest BCUT2D eigenvalue weighted by molar-refractivity contribution is 4.91. The first-order valence-electron chi connectivity index (χ1n) is 6.96. The summed E-state index contributed by atoms with van der Waals surface area (Å²) in [7, 11) is 1.89. The van der Waals surface area contributed by atoms with Crippen LogP contribution in [0.3, 0.4) is 0 Å². The van der Waals surface area contributed by atoms with E-state index in [2.05, 4.69) is 41.3 Å². The van der Waals surface area contributed by atoms with Crippen LogP contribution in [0.1, 0.15) is 39.3 Å². The van der Waals surface area contributed by atoms with E-state index in [-0.39, 0.29) is 0 Å². The van der Waals surface area contributed by atoms with Crippen molar-refractivity contribution in [3.63, 3.8) is 0 Å². The topological polar surface area (TPSA) is 46.0 Å². The van der Waals surface area contributed by atoms with E-state index in [9.17, 15) is 0 Å². The van der Waals surface area contributed by atoms with E-state index in [1.165, 1.54) is 19.4 Å². The van der Waals surface area contributed by atoms with Crippen LogP contribution < -0.4 is 5.32 Å². The summed E-state index contributed by atoms with van der Waals surface area (Å²) in [6.07, 6.45) is 4.41. The molecule has 1 heterocycles. The fourth-order valence-corrected chi connectivity index (χ4v) is 2.02. The number of rotatable bonds is 9. The van der Waals surface area contributed by atoms with Gasteiger partial charge in [-0.3, -0.25) is 4.68 Å². The summed E-state index contributed by atoms with van der Waals surface area (Å²) in [5.41, 5.74) is 1.01. The maximum absolute atomic E-state index is 4.07. The minimum atomic E-state index is 0.530. The first-order chi connectivity index (χ1) is 8.65. The van der Waals surface area contributed by atoms with Crippen LogP contribution in [-0.4, -0.2) is 45.6 Å². The molecule has 0 spiro atoms. The lowest BCUT2D eigenvalue weighted by molar-refractivity contribution is 0.290. The standard InChI is InChI=1S/C13H27N5/c1-5-18(6-2)9-7-8-12(3)14-10-13-11-17(4)16-15-13/h11-12,14H,5-10H2,1-4H3.